The summed E-state index contributed by atoms with van der Waals surface area (Å²) >= 11 is 0. The maximum absolute atomic E-state index is 15.5. The average Bonchev–Trinajstić information content (AvgIpc) is 3.41. The monoisotopic (exact) mass is 583 g/mol. The van der Waals surface area contributed by atoms with Gasteiger partial charge >= 0.3 is 0 Å². The summed E-state index contributed by atoms with van der Waals surface area (Å²) in [7, 11) is 3.06. The molecule has 43 heavy (non-hydrogen) atoms. The fraction of sp³-hybridized carbons (Fsp3) is 0.273. The van der Waals surface area contributed by atoms with Crippen LogP contribution in [0, 0.1) is 19.7 Å². The molecule has 10 heteroatoms. The molecular weight excluding hydrogens is 549 g/mol. The fourth-order valence-corrected chi connectivity index (χ4v) is 5.48. The first kappa shape index (κ1) is 29.7. The third-order valence-electron chi connectivity index (χ3n) is 7.91. The molecule has 0 radical (unpaired) electrons. The Morgan fingerprint density at radius 1 is 1.09 bits per heavy atom. The standard InChI is InChI=1S/C33H34FN5O4/c1-19-23(21-13-28(34)26(30(14-21)43-4)16-35-15-22-11-12-31(40)37-22)7-5-8-24(19)25-9-6-10-29(20(25)2)38-32(41)27-17-36-18-39(3)33(27)42/h5-10,13-14,17-18,22,35H,11-12,15-16H2,1-4H3,(H,37,40)(H,38,41)/t22-/m1/s1. The zero-order chi connectivity index (χ0) is 30.7. The van der Waals surface area contributed by atoms with Crippen LogP contribution in [0.3, 0.4) is 0 Å². The Morgan fingerprint density at radius 3 is 2.53 bits per heavy atom. The van der Waals surface area contributed by atoms with Gasteiger partial charge < -0.3 is 25.3 Å². The minimum atomic E-state index is -0.537. The highest BCUT2D eigenvalue weighted by Crippen LogP contribution is 2.37. The molecule has 1 aromatic heterocycles. The maximum Gasteiger partial charge on any atom is 0.265 e. The van der Waals surface area contributed by atoms with E-state index in [-0.39, 0.29) is 29.9 Å². The summed E-state index contributed by atoms with van der Waals surface area (Å²) in [4.78, 5) is 40.7. The number of hydrogen-bond acceptors (Lipinski definition) is 6. The van der Waals surface area contributed by atoms with Crippen molar-refractivity contribution in [3.63, 3.8) is 0 Å². The Hall–Kier alpha value is -4.83. The van der Waals surface area contributed by atoms with E-state index in [9.17, 15) is 14.4 Å². The van der Waals surface area contributed by atoms with Crippen LogP contribution in [0.15, 0.2) is 65.8 Å². The Labute approximate surface area is 249 Å². The Bertz CT molecular complexity index is 1770. The molecule has 2 amide bonds. The Kier molecular flexibility index (Phi) is 8.68. The van der Waals surface area contributed by atoms with Crippen LogP contribution < -0.4 is 26.2 Å². The molecule has 1 saturated heterocycles. The Balaban J connectivity index is 1.42. The molecule has 1 aliphatic heterocycles. The van der Waals surface area contributed by atoms with Crippen LogP contribution in [0.2, 0.25) is 0 Å². The molecule has 222 valence electrons. The zero-order valence-electron chi connectivity index (χ0n) is 24.6. The van der Waals surface area contributed by atoms with E-state index in [4.69, 9.17) is 4.74 Å². The van der Waals surface area contributed by atoms with Gasteiger partial charge in [-0.05, 0) is 71.8 Å². The number of nitrogens with one attached hydrogen (secondary N) is 3. The Morgan fingerprint density at radius 2 is 1.81 bits per heavy atom. The first-order chi connectivity index (χ1) is 20.7. The summed E-state index contributed by atoms with van der Waals surface area (Å²) in [6, 6.07) is 14.8. The highest BCUT2D eigenvalue weighted by molar-refractivity contribution is 6.04. The van der Waals surface area contributed by atoms with E-state index in [1.807, 2.05) is 50.2 Å². The first-order valence-corrected chi connectivity index (χ1v) is 14.1. The second-order valence-corrected chi connectivity index (χ2v) is 10.7. The smallest absolute Gasteiger partial charge is 0.265 e. The minimum Gasteiger partial charge on any atom is -0.496 e. The summed E-state index contributed by atoms with van der Waals surface area (Å²) in [6.45, 7) is 4.70. The van der Waals surface area contributed by atoms with E-state index in [1.165, 1.54) is 30.3 Å². The third-order valence-corrected chi connectivity index (χ3v) is 7.91. The predicted octanol–water partition coefficient (Wildman–Crippen LogP) is 4.50. The zero-order valence-corrected chi connectivity index (χ0v) is 24.6. The summed E-state index contributed by atoms with van der Waals surface area (Å²) in [5.41, 5.74) is 5.60. The van der Waals surface area contributed by atoms with Gasteiger partial charge in [0.1, 0.15) is 17.1 Å². The number of aryl methyl sites for hydroxylation is 1. The molecule has 9 nitrogen and oxygen atoms in total. The van der Waals surface area contributed by atoms with Crippen molar-refractivity contribution in [3.8, 4) is 28.0 Å². The minimum absolute atomic E-state index is 0.0426. The molecule has 0 spiro atoms. The quantitative estimate of drug-likeness (QED) is 0.267. The highest BCUT2D eigenvalue weighted by atomic mass is 19.1. The van der Waals surface area contributed by atoms with Gasteiger partial charge in [-0.3, -0.25) is 14.4 Å². The van der Waals surface area contributed by atoms with Crippen LogP contribution >= 0.6 is 0 Å². The lowest BCUT2D eigenvalue weighted by Gasteiger charge is -2.18. The first-order valence-electron chi connectivity index (χ1n) is 14.1. The van der Waals surface area contributed by atoms with E-state index in [1.54, 1.807) is 13.1 Å². The summed E-state index contributed by atoms with van der Waals surface area (Å²) in [5.74, 6) is -0.444. The second kappa shape index (κ2) is 12.6. The lowest BCUT2D eigenvalue weighted by molar-refractivity contribution is -0.119. The number of benzene rings is 3. The number of ether oxygens (including phenoxy) is 1. The number of methoxy groups -OCH3 is 1. The largest absolute Gasteiger partial charge is 0.496 e. The molecule has 0 unspecified atom stereocenters. The van der Waals surface area contributed by atoms with Crippen molar-refractivity contribution in [3.05, 3.63) is 99.5 Å². The van der Waals surface area contributed by atoms with E-state index < -0.39 is 11.5 Å². The van der Waals surface area contributed by atoms with Gasteiger partial charge in [-0.2, -0.15) is 0 Å². The molecule has 1 aliphatic rings. The number of nitrogens with zero attached hydrogens (tertiary/aromatic N) is 2. The number of carbonyl (C=O) groups is 2. The highest BCUT2D eigenvalue weighted by Gasteiger charge is 2.21. The number of carbonyl (C=O) groups excluding carboxylic acids is 2. The number of rotatable bonds is 9. The van der Waals surface area contributed by atoms with E-state index in [0.29, 0.717) is 35.5 Å². The molecule has 3 N–H and O–H groups in total. The van der Waals surface area contributed by atoms with E-state index >= 15 is 4.39 Å². The number of amides is 2. The molecule has 0 bridgehead atoms. The van der Waals surface area contributed by atoms with Gasteiger partial charge in [0.05, 0.1) is 13.4 Å². The molecule has 0 aliphatic carbocycles. The summed E-state index contributed by atoms with van der Waals surface area (Å²) in [5, 5.41) is 8.99. The van der Waals surface area contributed by atoms with Crippen LogP contribution in [-0.4, -0.2) is 41.1 Å². The van der Waals surface area contributed by atoms with E-state index in [2.05, 4.69) is 20.9 Å². The molecular formula is C33H34FN5O4. The van der Waals surface area contributed by atoms with Crippen molar-refractivity contribution < 1.29 is 18.7 Å². The average molecular weight is 584 g/mol. The van der Waals surface area contributed by atoms with Gasteiger partial charge in [-0.1, -0.05) is 30.3 Å². The van der Waals surface area contributed by atoms with Crippen molar-refractivity contribution in [2.75, 3.05) is 19.0 Å². The number of hydrogen-bond donors (Lipinski definition) is 3. The summed E-state index contributed by atoms with van der Waals surface area (Å²) < 4.78 is 22.3. The van der Waals surface area contributed by atoms with Crippen LogP contribution in [-0.2, 0) is 18.4 Å². The number of anilines is 1. The van der Waals surface area contributed by atoms with E-state index in [0.717, 1.165) is 34.2 Å². The van der Waals surface area contributed by atoms with Gasteiger partial charge in [-0.15, -0.1) is 0 Å². The van der Waals surface area contributed by atoms with Crippen LogP contribution in [0.4, 0.5) is 10.1 Å². The van der Waals surface area contributed by atoms with Crippen LogP contribution in [0.1, 0.15) is 39.9 Å². The molecule has 3 aromatic carbocycles. The van der Waals surface area contributed by atoms with Gasteiger partial charge in [0, 0.05) is 50.0 Å². The molecule has 1 atom stereocenters. The third kappa shape index (κ3) is 6.19. The van der Waals surface area contributed by atoms with Crippen molar-refractivity contribution in [1.29, 1.82) is 0 Å². The molecule has 4 aromatic rings. The normalized spacial score (nSPS) is 14.4. The van der Waals surface area contributed by atoms with Gasteiger partial charge in [0.15, 0.2) is 0 Å². The van der Waals surface area contributed by atoms with Crippen molar-refractivity contribution >= 4 is 17.5 Å². The van der Waals surface area contributed by atoms with Crippen molar-refractivity contribution in [2.45, 2.75) is 39.3 Å². The molecule has 1 fully saturated rings. The predicted molar refractivity (Wildman–Crippen MR) is 164 cm³/mol. The maximum atomic E-state index is 15.5. The lowest BCUT2D eigenvalue weighted by atomic mass is 9.90. The van der Waals surface area contributed by atoms with Gasteiger partial charge in [0.2, 0.25) is 5.91 Å². The van der Waals surface area contributed by atoms with Crippen molar-refractivity contribution in [2.24, 2.45) is 7.05 Å². The van der Waals surface area contributed by atoms with Crippen LogP contribution in [0.25, 0.3) is 22.3 Å². The van der Waals surface area contributed by atoms with Crippen LogP contribution in [0.5, 0.6) is 5.75 Å². The fourth-order valence-electron chi connectivity index (χ4n) is 5.48. The summed E-state index contributed by atoms with van der Waals surface area (Å²) in [6.07, 6.45) is 3.89. The molecule has 2 heterocycles. The van der Waals surface area contributed by atoms with Gasteiger partial charge in [0.25, 0.3) is 11.5 Å². The van der Waals surface area contributed by atoms with Gasteiger partial charge in [-0.25, -0.2) is 9.37 Å². The molecule has 5 rings (SSSR count). The number of aromatic nitrogens is 2. The SMILES string of the molecule is COc1cc(-c2cccc(-c3cccc(NC(=O)c4cncn(C)c4=O)c3C)c2C)cc(F)c1CNC[C@H]1CCC(=O)N1. The lowest BCUT2D eigenvalue weighted by Crippen LogP contribution is -2.35. The second-order valence-electron chi connectivity index (χ2n) is 10.7. The molecule has 0 saturated carbocycles. The van der Waals surface area contributed by atoms with Crippen molar-refractivity contribution in [1.82, 2.24) is 20.2 Å². The topological polar surface area (TPSA) is 114 Å². The number of halogens is 1.